The first-order valence-corrected chi connectivity index (χ1v) is 13.9. The predicted octanol–water partition coefficient (Wildman–Crippen LogP) is 4.96. The Morgan fingerprint density at radius 3 is 2.65 bits per heavy atom. The summed E-state index contributed by atoms with van der Waals surface area (Å²) in [6, 6.07) is 4.70. The maximum Gasteiger partial charge on any atom is 0.387 e. The van der Waals surface area contributed by atoms with Gasteiger partial charge in [-0.05, 0) is 50.0 Å². The highest BCUT2D eigenvalue weighted by atomic mass is 32.2. The lowest BCUT2D eigenvalue weighted by Crippen LogP contribution is -2.61. The van der Waals surface area contributed by atoms with Gasteiger partial charge >= 0.3 is 6.61 Å². The number of anilines is 3. The van der Waals surface area contributed by atoms with E-state index in [4.69, 9.17) is 9.97 Å². The van der Waals surface area contributed by atoms with Crippen LogP contribution in [-0.4, -0.2) is 70.1 Å². The van der Waals surface area contributed by atoms with Gasteiger partial charge in [-0.25, -0.2) is 15.0 Å². The molecule has 2 aromatic heterocycles. The molecule has 1 aliphatic carbocycles. The number of amides is 1. The molecule has 2 fully saturated rings. The second kappa shape index (κ2) is 10.8. The van der Waals surface area contributed by atoms with Crippen LogP contribution in [0.3, 0.4) is 0 Å². The van der Waals surface area contributed by atoms with Crippen LogP contribution >= 0.6 is 11.8 Å². The summed E-state index contributed by atoms with van der Waals surface area (Å²) in [7, 11) is 0. The number of pyridine rings is 1. The number of aromatic nitrogens is 3. The Morgan fingerprint density at radius 1 is 1.22 bits per heavy atom. The van der Waals surface area contributed by atoms with Crippen molar-refractivity contribution in [2.75, 3.05) is 42.7 Å². The largest absolute Gasteiger partial charge is 0.435 e. The maximum absolute atomic E-state index is 12.7. The van der Waals surface area contributed by atoms with Gasteiger partial charge in [0.15, 0.2) is 5.82 Å². The van der Waals surface area contributed by atoms with Crippen molar-refractivity contribution < 1.29 is 18.3 Å². The molecule has 11 heteroatoms. The molecule has 2 aliphatic heterocycles. The van der Waals surface area contributed by atoms with Crippen LogP contribution in [-0.2, 0) is 4.79 Å². The number of likely N-dealkylation sites (tertiary alicyclic amines) is 1. The molecule has 0 aromatic carbocycles. The van der Waals surface area contributed by atoms with Crippen molar-refractivity contribution in [3.8, 4) is 5.75 Å². The van der Waals surface area contributed by atoms with Crippen LogP contribution in [0.5, 0.6) is 5.75 Å². The molecule has 1 atom stereocenters. The minimum Gasteiger partial charge on any atom is -0.435 e. The number of nitrogens with zero attached hydrogens (tertiary/aromatic N) is 5. The van der Waals surface area contributed by atoms with Crippen LogP contribution in [0.25, 0.3) is 5.57 Å². The number of carbonyl (C=O) groups excluding carboxylic acids is 1. The molecule has 0 bridgehead atoms. The summed E-state index contributed by atoms with van der Waals surface area (Å²) in [5.74, 6) is 2.62. The summed E-state index contributed by atoms with van der Waals surface area (Å²) in [6.45, 7) is 2.11. The Bertz CT molecular complexity index is 1160. The molecule has 2 saturated heterocycles. The standard InChI is InChI=1S/C26H32F2N6O2S/c1-17(35)33-11-8-26(9-12-33)15-34(16-26)23-14-22(30-21-13-19(7-10-29-21)36-25(27)28)31-24(32-23)18-3-5-20(37-2)6-4-18/h3,7,10,13-14,20,25H,4-6,8-9,11-12,15-16H2,1-2H3,(H,29,30,31,32). The van der Waals surface area contributed by atoms with Crippen LogP contribution in [0.2, 0.25) is 0 Å². The third-order valence-corrected chi connectivity index (χ3v) is 8.65. The van der Waals surface area contributed by atoms with Gasteiger partial charge in [0.1, 0.15) is 23.2 Å². The zero-order valence-electron chi connectivity index (χ0n) is 21.1. The van der Waals surface area contributed by atoms with E-state index in [1.807, 2.05) is 22.7 Å². The van der Waals surface area contributed by atoms with E-state index < -0.39 is 6.61 Å². The third-order valence-electron chi connectivity index (χ3n) is 7.55. The Kier molecular flexibility index (Phi) is 7.50. The highest BCUT2D eigenvalue weighted by Gasteiger charge is 2.45. The average Bonchev–Trinajstić information content (AvgIpc) is 2.87. The van der Waals surface area contributed by atoms with E-state index in [0.717, 1.165) is 69.7 Å². The Labute approximate surface area is 219 Å². The van der Waals surface area contributed by atoms with Crippen LogP contribution in [0.15, 0.2) is 30.5 Å². The second-order valence-corrected chi connectivity index (χ2v) is 11.2. The van der Waals surface area contributed by atoms with E-state index in [9.17, 15) is 13.6 Å². The number of alkyl halides is 2. The predicted molar refractivity (Wildman–Crippen MR) is 141 cm³/mol. The Hall–Kier alpha value is -2.95. The number of thioether (sulfide) groups is 1. The Balaban J connectivity index is 1.37. The lowest BCUT2D eigenvalue weighted by atomic mass is 9.72. The van der Waals surface area contributed by atoms with Gasteiger partial charge in [-0.15, -0.1) is 0 Å². The van der Waals surface area contributed by atoms with Gasteiger partial charge in [0.25, 0.3) is 0 Å². The molecule has 4 heterocycles. The quantitative estimate of drug-likeness (QED) is 0.538. The molecule has 8 nitrogen and oxygen atoms in total. The third kappa shape index (κ3) is 5.97. The molecule has 198 valence electrons. The molecule has 2 aromatic rings. The summed E-state index contributed by atoms with van der Waals surface area (Å²) in [5, 5.41) is 3.77. The first-order chi connectivity index (χ1) is 17.8. The molecular formula is C26H32F2N6O2S. The van der Waals surface area contributed by atoms with Crippen molar-refractivity contribution in [1.82, 2.24) is 19.9 Å². The summed E-state index contributed by atoms with van der Waals surface area (Å²) < 4.78 is 29.9. The van der Waals surface area contributed by atoms with Crippen LogP contribution < -0.4 is 15.0 Å². The first-order valence-electron chi connectivity index (χ1n) is 12.6. The van der Waals surface area contributed by atoms with Crippen LogP contribution in [0, 0.1) is 5.41 Å². The summed E-state index contributed by atoms with van der Waals surface area (Å²) in [6.07, 6.45) is 10.8. The number of rotatable bonds is 7. The van der Waals surface area contributed by atoms with Crippen LogP contribution in [0.1, 0.15) is 44.9 Å². The first kappa shape index (κ1) is 25.7. The van der Waals surface area contributed by atoms with E-state index >= 15 is 0 Å². The molecule has 3 aliphatic rings. The zero-order valence-corrected chi connectivity index (χ0v) is 21.9. The highest BCUT2D eigenvalue weighted by molar-refractivity contribution is 7.99. The number of hydrogen-bond donors (Lipinski definition) is 1. The smallest absolute Gasteiger partial charge is 0.387 e. The topological polar surface area (TPSA) is 83.5 Å². The molecule has 37 heavy (non-hydrogen) atoms. The van der Waals surface area contributed by atoms with E-state index in [0.29, 0.717) is 22.7 Å². The fourth-order valence-corrected chi connectivity index (χ4v) is 6.00. The van der Waals surface area contributed by atoms with Crippen molar-refractivity contribution in [2.24, 2.45) is 5.41 Å². The van der Waals surface area contributed by atoms with Crippen molar-refractivity contribution in [2.45, 2.75) is 50.9 Å². The van der Waals surface area contributed by atoms with Gasteiger partial charge < -0.3 is 19.9 Å². The van der Waals surface area contributed by atoms with E-state index in [-0.39, 0.29) is 17.1 Å². The summed E-state index contributed by atoms with van der Waals surface area (Å²) in [5.41, 5.74) is 1.34. The SMILES string of the molecule is CSC1CC=C(c2nc(Nc3cc(OC(F)F)ccn3)cc(N3CC4(CCN(C(C)=O)CC4)C3)n2)CC1. The minimum atomic E-state index is -2.91. The average molecular weight is 531 g/mol. The van der Waals surface area contributed by atoms with Gasteiger partial charge in [-0.1, -0.05) is 6.08 Å². The molecule has 0 radical (unpaired) electrons. The molecule has 1 amide bonds. The molecule has 0 saturated carbocycles. The number of hydrogen-bond acceptors (Lipinski definition) is 8. The van der Waals surface area contributed by atoms with Crippen molar-refractivity contribution in [1.29, 1.82) is 0 Å². The maximum atomic E-state index is 12.7. The fourth-order valence-electron chi connectivity index (χ4n) is 5.36. The summed E-state index contributed by atoms with van der Waals surface area (Å²) in [4.78, 5) is 29.9. The Morgan fingerprint density at radius 2 is 2.00 bits per heavy atom. The second-order valence-electron chi connectivity index (χ2n) is 10.0. The normalized spacial score (nSPS) is 21.0. The monoisotopic (exact) mass is 530 g/mol. The van der Waals surface area contributed by atoms with Gasteiger partial charge in [-0.3, -0.25) is 4.79 Å². The van der Waals surface area contributed by atoms with Crippen molar-refractivity contribution in [3.63, 3.8) is 0 Å². The zero-order chi connectivity index (χ0) is 26.0. The molecule has 1 N–H and O–H groups in total. The molecule has 1 unspecified atom stereocenters. The minimum absolute atomic E-state index is 0.0293. The fraction of sp³-hybridized carbons (Fsp3) is 0.538. The van der Waals surface area contributed by atoms with Crippen molar-refractivity contribution >= 4 is 40.7 Å². The number of halogens is 2. The molecular weight excluding hydrogens is 498 g/mol. The van der Waals surface area contributed by atoms with E-state index in [1.54, 1.807) is 6.92 Å². The lowest BCUT2D eigenvalue weighted by Gasteiger charge is -2.54. The van der Waals surface area contributed by atoms with E-state index in [1.165, 1.54) is 18.3 Å². The number of piperidine rings is 1. The van der Waals surface area contributed by atoms with Gasteiger partial charge in [0, 0.05) is 62.1 Å². The van der Waals surface area contributed by atoms with Gasteiger partial charge in [0.2, 0.25) is 5.91 Å². The highest BCUT2D eigenvalue weighted by Crippen LogP contribution is 2.43. The number of carbonyl (C=O) groups is 1. The van der Waals surface area contributed by atoms with Crippen LogP contribution in [0.4, 0.5) is 26.2 Å². The van der Waals surface area contributed by atoms with Crippen molar-refractivity contribution in [3.05, 3.63) is 36.3 Å². The molecule has 5 rings (SSSR count). The van der Waals surface area contributed by atoms with Gasteiger partial charge in [0.05, 0.1) is 0 Å². The lowest BCUT2D eigenvalue weighted by molar-refractivity contribution is -0.131. The van der Waals surface area contributed by atoms with E-state index in [2.05, 4.69) is 32.3 Å². The summed E-state index contributed by atoms with van der Waals surface area (Å²) >= 11 is 1.88. The molecule has 1 spiro atoms. The van der Waals surface area contributed by atoms with Gasteiger partial charge in [-0.2, -0.15) is 20.5 Å². The number of nitrogens with one attached hydrogen (secondary N) is 1. The number of ether oxygens (including phenoxy) is 1. The number of allylic oxidation sites excluding steroid dienone is 2.